The van der Waals surface area contributed by atoms with E-state index in [1.165, 1.54) is 6.33 Å². The van der Waals surface area contributed by atoms with Crippen molar-refractivity contribution in [3.05, 3.63) is 41.6 Å². The lowest BCUT2D eigenvalue weighted by Gasteiger charge is -2.07. The zero-order valence-electron chi connectivity index (χ0n) is 8.18. The number of nitrogens with zero attached hydrogens (tertiary/aromatic N) is 3. The normalized spacial score (nSPS) is 9.81. The summed E-state index contributed by atoms with van der Waals surface area (Å²) >= 11 is 5.84. The summed E-state index contributed by atoms with van der Waals surface area (Å²) in [5.74, 6) is 0.489. The summed E-state index contributed by atoms with van der Waals surface area (Å²) < 4.78 is 0. The van der Waals surface area contributed by atoms with Crippen molar-refractivity contribution in [2.45, 2.75) is 0 Å². The molecule has 0 aliphatic rings. The van der Waals surface area contributed by atoms with Crippen molar-refractivity contribution in [2.24, 2.45) is 0 Å². The van der Waals surface area contributed by atoms with Crippen LogP contribution in [0.1, 0.15) is 5.56 Å². The maximum atomic E-state index is 7.25. The molecule has 2 N–H and O–H groups in total. The third-order valence-corrected chi connectivity index (χ3v) is 2.21. The molecule has 2 heterocycles. The molecule has 0 bridgehead atoms. The number of pyridine rings is 1. The lowest BCUT2D eigenvalue weighted by Crippen LogP contribution is -2.00. The predicted octanol–water partition coefficient (Wildman–Crippen LogP) is 2.27. The van der Waals surface area contributed by atoms with Gasteiger partial charge in [0, 0.05) is 12.4 Å². The average Bonchev–Trinajstić information content (AvgIpc) is 2.31. The van der Waals surface area contributed by atoms with Gasteiger partial charge in [-0.3, -0.25) is 4.98 Å². The topological polar surface area (TPSA) is 74.6 Å². The van der Waals surface area contributed by atoms with Gasteiger partial charge >= 0.3 is 0 Å². The largest absolute Gasteiger partial charge is 0.338 e. The van der Waals surface area contributed by atoms with E-state index in [9.17, 15) is 0 Å². The third-order valence-electron chi connectivity index (χ3n) is 1.90. The van der Waals surface area contributed by atoms with Gasteiger partial charge in [-0.05, 0) is 12.1 Å². The Kier molecular flexibility index (Phi) is 3.07. The van der Waals surface area contributed by atoms with Crippen molar-refractivity contribution in [3.63, 3.8) is 0 Å². The zero-order valence-corrected chi connectivity index (χ0v) is 8.94. The third kappa shape index (κ3) is 2.14. The van der Waals surface area contributed by atoms with Gasteiger partial charge in [-0.15, -0.1) is 0 Å². The van der Waals surface area contributed by atoms with Crippen molar-refractivity contribution in [2.75, 3.05) is 5.32 Å². The van der Waals surface area contributed by atoms with Crippen molar-refractivity contribution in [1.29, 1.82) is 5.41 Å². The molecule has 0 spiro atoms. The van der Waals surface area contributed by atoms with E-state index in [4.69, 9.17) is 17.0 Å². The second-order valence-corrected chi connectivity index (χ2v) is 3.30. The van der Waals surface area contributed by atoms with Crippen LogP contribution in [0.4, 0.5) is 11.5 Å². The van der Waals surface area contributed by atoms with Crippen LogP contribution in [-0.4, -0.2) is 21.2 Å². The second-order valence-electron chi connectivity index (χ2n) is 2.94. The van der Waals surface area contributed by atoms with E-state index in [2.05, 4.69) is 20.3 Å². The molecule has 2 aromatic rings. The highest BCUT2D eigenvalue weighted by Gasteiger charge is 2.07. The Bertz CT molecular complexity index is 500. The molecule has 0 aromatic carbocycles. The van der Waals surface area contributed by atoms with E-state index >= 15 is 0 Å². The monoisotopic (exact) mass is 233 g/mol. The van der Waals surface area contributed by atoms with Crippen molar-refractivity contribution in [3.8, 4) is 0 Å². The van der Waals surface area contributed by atoms with Crippen LogP contribution in [0.5, 0.6) is 0 Å². The highest BCUT2D eigenvalue weighted by atomic mass is 35.5. The van der Waals surface area contributed by atoms with Gasteiger partial charge in [-0.1, -0.05) is 11.6 Å². The molecular formula is C10H8ClN5. The zero-order chi connectivity index (χ0) is 11.4. The molecule has 0 saturated carbocycles. The SMILES string of the molecule is N=Cc1c(Cl)ncnc1Nc1cccnc1. The molecule has 0 unspecified atom stereocenters. The smallest absolute Gasteiger partial charge is 0.144 e. The van der Waals surface area contributed by atoms with Crippen LogP contribution in [0, 0.1) is 5.41 Å². The molecule has 6 heteroatoms. The molecule has 0 aliphatic carbocycles. The van der Waals surface area contributed by atoms with Gasteiger partial charge in [-0.2, -0.15) is 0 Å². The molecule has 0 radical (unpaired) electrons. The lowest BCUT2D eigenvalue weighted by molar-refractivity contribution is 1.16. The minimum Gasteiger partial charge on any atom is -0.338 e. The number of anilines is 2. The number of nitrogens with one attached hydrogen (secondary N) is 2. The van der Waals surface area contributed by atoms with Crippen LogP contribution < -0.4 is 5.32 Å². The first kappa shape index (κ1) is 10.5. The quantitative estimate of drug-likeness (QED) is 0.630. The molecule has 5 nitrogen and oxygen atoms in total. The van der Waals surface area contributed by atoms with Gasteiger partial charge in [0.25, 0.3) is 0 Å². The summed E-state index contributed by atoms with van der Waals surface area (Å²) in [6.45, 7) is 0. The molecule has 80 valence electrons. The Hall–Kier alpha value is -2.01. The van der Waals surface area contributed by atoms with E-state index in [-0.39, 0.29) is 5.15 Å². The van der Waals surface area contributed by atoms with E-state index in [0.717, 1.165) is 11.9 Å². The summed E-state index contributed by atoms with van der Waals surface area (Å²) in [5.41, 5.74) is 1.23. The molecule has 0 atom stereocenters. The van der Waals surface area contributed by atoms with Gasteiger partial charge in [0.2, 0.25) is 0 Å². The van der Waals surface area contributed by atoms with Crippen molar-refractivity contribution < 1.29 is 0 Å². The van der Waals surface area contributed by atoms with Crippen molar-refractivity contribution in [1.82, 2.24) is 15.0 Å². The van der Waals surface area contributed by atoms with Crippen LogP contribution >= 0.6 is 11.6 Å². The van der Waals surface area contributed by atoms with Crippen LogP contribution in [-0.2, 0) is 0 Å². The first-order chi connectivity index (χ1) is 7.81. The highest BCUT2D eigenvalue weighted by molar-refractivity contribution is 6.32. The standard InChI is InChI=1S/C10H8ClN5/c11-9-8(4-12)10(15-6-14-9)16-7-2-1-3-13-5-7/h1-6,12H,(H,14,15,16). The van der Waals surface area contributed by atoms with Gasteiger partial charge in [-0.25, -0.2) is 9.97 Å². The number of hydrogen-bond donors (Lipinski definition) is 2. The second kappa shape index (κ2) is 4.67. The maximum absolute atomic E-state index is 7.25. The van der Waals surface area contributed by atoms with Crippen LogP contribution in [0.15, 0.2) is 30.9 Å². The molecular weight excluding hydrogens is 226 g/mol. The van der Waals surface area contributed by atoms with E-state index in [0.29, 0.717) is 11.4 Å². The Labute approximate surface area is 97.1 Å². The first-order valence-corrected chi connectivity index (χ1v) is 4.87. The molecule has 0 aliphatic heterocycles. The Morgan fingerprint density at radius 3 is 2.94 bits per heavy atom. The Morgan fingerprint density at radius 1 is 1.38 bits per heavy atom. The van der Waals surface area contributed by atoms with Gasteiger partial charge in [0.05, 0.1) is 17.4 Å². The number of aromatic nitrogens is 3. The summed E-state index contributed by atoms with van der Waals surface area (Å²) in [6.07, 6.45) is 5.79. The molecule has 2 aromatic heterocycles. The summed E-state index contributed by atoms with van der Waals surface area (Å²) in [5, 5.41) is 10.5. The lowest BCUT2D eigenvalue weighted by atomic mass is 10.3. The van der Waals surface area contributed by atoms with E-state index in [1.54, 1.807) is 18.5 Å². The predicted molar refractivity (Wildman–Crippen MR) is 62.4 cm³/mol. The van der Waals surface area contributed by atoms with E-state index in [1.807, 2.05) is 6.07 Å². The van der Waals surface area contributed by atoms with Crippen LogP contribution in [0.3, 0.4) is 0 Å². The van der Waals surface area contributed by atoms with Crippen LogP contribution in [0.25, 0.3) is 0 Å². The van der Waals surface area contributed by atoms with Gasteiger partial charge in [0.1, 0.15) is 17.3 Å². The fraction of sp³-hybridized carbons (Fsp3) is 0. The van der Waals surface area contributed by atoms with Crippen molar-refractivity contribution >= 4 is 29.3 Å². The molecule has 2 rings (SSSR count). The minimum absolute atomic E-state index is 0.247. The highest BCUT2D eigenvalue weighted by Crippen LogP contribution is 2.20. The summed E-state index contributed by atoms with van der Waals surface area (Å²) in [7, 11) is 0. The fourth-order valence-corrected chi connectivity index (χ4v) is 1.36. The number of rotatable bonds is 3. The molecule has 0 saturated heterocycles. The molecule has 0 amide bonds. The van der Waals surface area contributed by atoms with E-state index < -0.39 is 0 Å². The average molecular weight is 234 g/mol. The fourth-order valence-electron chi connectivity index (χ4n) is 1.18. The molecule has 0 fully saturated rings. The number of halogens is 1. The Balaban J connectivity index is 2.35. The summed E-state index contributed by atoms with van der Waals surface area (Å²) in [4.78, 5) is 11.8. The maximum Gasteiger partial charge on any atom is 0.144 e. The van der Waals surface area contributed by atoms with Crippen LogP contribution in [0.2, 0.25) is 5.15 Å². The minimum atomic E-state index is 0.247. The van der Waals surface area contributed by atoms with Gasteiger partial charge < -0.3 is 10.7 Å². The molecule has 16 heavy (non-hydrogen) atoms. The first-order valence-electron chi connectivity index (χ1n) is 4.49. The Morgan fingerprint density at radius 2 is 2.25 bits per heavy atom. The summed E-state index contributed by atoms with van der Waals surface area (Å²) in [6, 6.07) is 3.64. The van der Waals surface area contributed by atoms with Gasteiger partial charge in [0.15, 0.2) is 0 Å². The number of hydrogen-bond acceptors (Lipinski definition) is 5.